The second kappa shape index (κ2) is 12.6. The van der Waals surface area contributed by atoms with Gasteiger partial charge in [0.25, 0.3) is 0 Å². The summed E-state index contributed by atoms with van der Waals surface area (Å²) in [4.78, 5) is 0. The Morgan fingerprint density at radius 1 is 0.219 bits per heavy atom. The van der Waals surface area contributed by atoms with Gasteiger partial charge in [0.1, 0.15) is 22.3 Å². The summed E-state index contributed by atoms with van der Waals surface area (Å²) in [5.74, 6) is 0. The van der Waals surface area contributed by atoms with Crippen molar-refractivity contribution in [3.8, 4) is 33.4 Å². The minimum absolute atomic E-state index is 0.902. The fourth-order valence-electron chi connectivity index (χ4n) is 11.6. The molecule has 0 saturated carbocycles. The van der Waals surface area contributed by atoms with Crippen molar-refractivity contribution < 1.29 is 8.83 Å². The van der Waals surface area contributed by atoms with Gasteiger partial charge in [-0.05, 0) is 128 Å². The molecule has 2 heterocycles. The van der Waals surface area contributed by atoms with E-state index in [9.17, 15) is 0 Å². The standard InChI is InChI=1S/C62H34O2/c1-5-20-44-40(16-1)55(37-29-31-53-50(33-37)39-15-9-10-26-52(39)63-53)41-17-2-6-21-45(41)59(44)60-46-22-7-3-18-42(46)56(43-19-4-8-23-47(43)60)38-30-32-54-51(34-38)61-48-24-11-13-35-27-28-36-14-12-25-49(62(61)64-54)58(36)57(35)48/h1-34H. The van der Waals surface area contributed by atoms with Crippen molar-refractivity contribution in [3.63, 3.8) is 0 Å². The molecule has 0 atom stereocenters. The Balaban J connectivity index is 1.03. The van der Waals surface area contributed by atoms with Crippen LogP contribution in [0.1, 0.15) is 0 Å². The topological polar surface area (TPSA) is 26.3 Å². The summed E-state index contributed by atoms with van der Waals surface area (Å²) < 4.78 is 13.2. The first-order valence-electron chi connectivity index (χ1n) is 22.1. The molecule has 0 N–H and O–H groups in total. The molecule has 0 spiro atoms. The number of para-hydroxylation sites is 1. The summed E-state index contributed by atoms with van der Waals surface area (Å²) in [7, 11) is 0. The van der Waals surface area contributed by atoms with Crippen LogP contribution in [-0.2, 0) is 0 Å². The Hall–Kier alpha value is -8.46. The van der Waals surface area contributed by atoms with Gasteiger partial charge in [0.15, 0.2) is 0 Å². The lowest BCUT2D eigenvalue weighted by Gasteiger charge is -2.22. The summed E-state index contributed by atoms with van der Waals surface area (Å²) in [5.41, 5.74) is 11.0. The van der Waals surface area contributed by atoms with Gasteiger partial charge >= 0.3 is 0 Å². The van der Waals surface area contributed by atoms with Crippen LogP contribution in [0.4, 0.5) is 0 Å². The fourth-order valence-corrected chi connectivity index (χ4v) is 11.6. The van der Waals surface area contributed by atoms with E-state index in [1.807, 2.05) is 6.07 Å². The Morgan fingerprint density at radius 2 is 0.609 bits per heavy atom. The average Bonchev–Trinajstić information content (AvgIpc) is 3.93. The summed E-state index contributed by atoms with van der Waals surface area (Å²) in [6.45, 7) is 0. The summed E-state index contributed by atoms with van der Waals surface area (Å²) in [5, 5.41) is 21.8. The molecular formula is C62H34O2. The van der Waals surface area contributed by atoms with Crippen LogP contribution in [0.5, 0.6) is 0 Å². The average molecular weight is 811 g/mol. The maximum atomic E-state index is 6.87. The molecule has 0 fully saturated rings. The predicted molar refractivity (Wildman–Crippen MR) is 271 cm³/mol. The SMILES string of the molecule is c1ccc2c(c1)oc1ccc(-c3c4ccccc4c(-c4c5ccccc5c(-c5ccc6oc7c8cccc9ccc%10cccc(c7c6c5)c%10c98)c5ccccc45)c4ccccc34)cc12. The number of hydrogen-bond donors (Lipinski definition) is 0. The van der Waals surface area contributed by atoms with Crippen LogP contribution in [0.15, 0.2) is 215 Å². The third-order valence-electron chi connectivity index (χ3n) is 14.2. The predicted octanol–water partition coefficient (Wildman–Crippen LogP) is 18.0. The molecule has 0 aliphatic heterocycles. The van der Waals surface area contributed by atoms with Crippen molar-refractivity contribution >= 4 is 119 Å². The molecule has 0 amide bonds. The zero-order valence-electron chi connectivity index (χ0n) is 34.4. The van der Waals surface area contributed by atoms with Crippen molar-refractivity contribution in [2.45, 2.75) is 0 Å². The van der Waals surface area contributed by atoms with Gasteiger partial charge < -0.3 is 8.83 Å². The lowest BCUT2D eigenvalue weighted by molar-refractivity contribution is 0.669. The van der Waals surface area contributed by atoms with E-state index in [0.29, 0.717) is 0 Å². The first-order chi connectivity index (χ1) is 31.8. The first-order valence-corrected chi connectivity index (χ1v) is 22.1. The third-order valence-corrected chi connectivity index (χ3v) is 14.2. The number of furan rings is 2. The van der Waals surface area contributed by atoms with Crippen molar-refractivity contribution in [1.82, 2.24) is 0 Å². The highest BCUT2D eigenvalue weighted by molar-refractivity contribution is 6.37. The maximum absolute atomic E-state index is 6.87. The molecule has 0 aliphatic carbocycles. The molecule has 15 rings (SSSR count). The summed E-state index contributed by atoms with van der Waals surface area (Å²) in [6.07, 6.45) is 0. The molecule has 0 radical (unpaired) electrons. The molecule has 2 heteroatoms. The van der Waals surface area contributed by atoms with Gasteiger partial charge in [0, 0.05) is 32.3 Å². The van der Waals surface area contributed by atoms with Gasteiger partial charge in [-0.2, -0.15) is 0 Å². The van der Waals surface area contributed by atoms with Gasteiger partial charge in [0.05, 0.1) is 0 Å². The zero-order valence-corrected chi connectivity index (χ0v) is 34.4. The second-order valence-electron chi connectivity index (χ2n) is 17.4. The Morgan fingerprint density at radius 3 is 1.14 bits per heavy atom. The molecule has 13 aromatic carbocycles. The Bertz CT molecular complexity index is 4370. The lowest BCUT2D eigenvalue weighted by atomic mass is 9.81. The highest BCUT2D eigenvalue weighted by Gasteiger charge is 2.24. The summed E-state index contributed by atoms with van der Waals surface area (Å²) in [6, 6.07) is 75.7. The molecule has 64 heavy (non-hydrogen) atoms. The van der Waals surface area contributed by atoms with E-state index in [4.69, 9.17) is 8.83 Å². The highest BCUT2D eigenvalue weighted by Crippen LogP contribution is 2.52. The molecule has 0 aliphatic rings. The quantitative estimate of drug-likeness (QED) is 0.131. The first kappa shape index (κ1) is 34.2. The molecule has 294 valence electrons. The monoisotopic (exact) mass is 810 g/mol. The van der Waals surface area contributed by atoms with Crippen LogP contribution >= 0.6 is 0 Å². The van der Waals surface area contributed by atoms with Crippen LogP contribution in [-0.4, -0.2) is 0 Å². The van der Waals surface area contributed by atoms with Crippen molar-refractivity contribution in [3.05, 3.63) is 206 Å². The van der Waals surface area contributed by atoms with Gasteiger partial charge in [-0.15, -0.1) is 0 Å². The number of rotatable bonds is 3. The number of fused-ring (bicyclic) bond motifs is 12. The molecule has 0 bridgehead atoms. The fraction of sp³-hybridized carbons (Fsp3) is 0. The van der Waals surface area contributed by atoms with Gasteiger partial charge in [-0.1, -0.05) is 176 Å². The Kier molecular flexibility index (Phi) is 6.71. The third kappa shape index (κ3) is 4.48. The van der Waals surface area contributed by atoms with E-state index in [-0.39, 0.29) is 0 Å². The zero-order chi connectivity index (χ0) is 41.6. The van der Waals surface area contributed by atoms with E-state index >= 15 is 0 Å². The molecular weight excluding hydrogens is 777 g/mol. The molecule has 0 unspecified atom stereocenters. The van der Waals surface area contributed by atoms with E-state index < -0.39 is 0 Å². The van der Waals surface area contributed by atoms with Crippen molar-refractivity contribution in [1.29, 1.82) is 0 Å². The molecule has 15 aromatic rings. The normalized spacial score (nSPS) is 12.4. The van der Waals surface area contributed by atoms with Crippen LogP contribution in [0, 0.1) is 0 Å². The van der Waals surface area contributed by atoms with Crippen LogP contribution < -0.4 is 0 Å². The Labute approximate surface area is 366 Å². The minimum atomic E-state index is 0.902. The second-order valence-corrected chi connectivity index (χ2v) is 17.4. The molecule has 2 aromatic heterocycles. The molecule has 0 saturated heterocycles. The van der Waals surface area contributed by atoms with Gasteiger partial charge in [0.2, 0.25) is 0 Å². The number of benzene rings is 13. The minimum Gasteiger partial charge on any atom is -0.456 e. The van der Waals surface area contributed by atoms with E-state index in [1.165, 1.54) is 109 Å². The van der Waals surface area contributed by atoms with Gasteiger partial charge in [-0.3, -0.25) is 0 Å². The van der Waals surface area contributed by atoms with E-state index in [0.717, 1.165) is 43.9 Å². The summed E-state index contributed by atoms with van der Waals surface area (Å²) >= 11 is 0. The van der Waals surface area contributed by atoms with Gasteiger partial charge in [-0.25, -0.2) is 0 Å². The molecule has 2 nitrogen and oxygen atoms in total. The van der Waals surface area contributed by atoms with Crippen molar-refractivity contribution in [2.75, 3.05) is 0 Å². The van der Waals surface area contributed by atoms with Crippen LogP contribution in [0.25, 0.3) is 153 Å². The van der Waals surface area contributed by atoms with E-state index in [1.54, 1.807) is 0 Å². The van der Waals surface area contributed by atoms with Crippen molar-refractivity contribution in [2.24, 2.45) is 0 Å². The number of hydrogen-bond acceptors (Lipinski definition) is 2. The smallest absolute Gasteiger partial charge is 0.143 e. The largest absolute Gasteiger partial charge is 0.456 e. The van der Waals surface area contributed by atoms with Crippen LogP contribution in [0.2, 0.25) is 0 Å². The highest BCUT2D eigenvalue weighted by atomic mass is 16.3. The maximum Gasteiger partial charge on any atom is 0.143 e. The van der Waals surface area contributed by atoms with Crippen LogP contribution in [0.3, 0.4) is 0 Å². The van der Waals surface area contributed by atoms with E-state index in [2.05, 4.69) is 200 Å². The lowest BCUT2D eigenvalue weighted by Crippen LogP contribution is -1.94.